The van der Waals surface area contributed by atoms with Gasteiger partial charge in [0.1, 0.15) is 0 Å². The van der Waals surface area contributed by atoms with Gasteiger partial charge in [-0.3, -0.25) is 0 Å². The highest BCUT2D eigenvalue weighted by atomic mass is 35.5. The van der Waals surface area contributed by atoms with Crippen molar-refractivity contribution in [3.63, 3.8) is 0 Å². The summed E-state index contributed by atoms with van der Waals surface area (Å²) < 4.78 is 34.6. The Morgan fingerprint density at radius 3 is 2.48 bits per heavy atom. The third-order valence-electron chi connectivity index (χ3n) is 2.81. The van der Waals surface area contributed by atoms with E-state index in [-0.39, 0.29) is 11.5 Å². The summed E-state index contributed by atoms with van der Waals surface area (Å²) in [6.45, 7) is -2.59. The van der Waals surface area contributed by atoms with Crippen LogP contribution >= 0.6 is 11.6 Å². The maximum absolute atomic E-state index is 12.5. The van der Waals surface area contributed by atoms with Crippen LogP contribution in [-0.4, -0.2) is 13.7 Å². The van der Waals surface area contributed by atoms with Crippen LogP contribution in [0.15, 0.2) is 42.5 Å². The van der Waals surface area contributed by atoms with Crippen molar-refractivity contribution in [3.05, 3.63) is 53.1 Å². The van der Waals surface area contributed by atoms with Crippen LogP contribution in [-0.2, 0) is 6.54 Å². The van der Waals surface area contributed by atoms with Crippen LogP contribution in [0, 0.1) is 0 Å². The highest BCUT2D eigenvalue weighted by Gasteiger charge is 2.15. The van der Waals surface area contributed by atoms with E-state index in [4.69, 9.17) is 16.3 Å². The van der Waals surface area contributed by atoms with Crippen molar-refractivity contribution >= 4 is 17.3 Å². The first kappa shape index (κ1) is 15.4. The summed E-state index contributed by atoms with van der Waals surface area (Å²) in [5, 5.41) is 3.74. The van der Waals surface area contributed by atoms with Crippen LogP contribution in [0.3, 0.4) is 0 Å². The zero-order chi connectivity index (χ0) is 15.2. The number of rotatable bonds is 6. The van der Waals surface area contributed by atoms with Crippen LogP contribution in [0.5, 0.6) is 11.5 Å². The Balaban J connectivity index is 2.16. The van der Waals surface area contributed by atoms with Gasteiger partial charge < -0.3 is 14.8 Å². The van der Waals surface area contributed by atoms with Crippen LogP contribution in [0.25, 0.3) is 0 Å². The number of methoxy groups -OCH3 is 1. The van der Waals surface area contributed by atoms with Gasteiger partial charge in [-0.15, -0.1) is 0 Å². The van der Waals surface area contributed by atoms with Crippen LogP contribution in [0.2, 0.25) is 5.02 Å². The van der Waals surface area contributed by atoms with E-state index in [1.54, 1.807) is 42.5 Å². The van der Waals surface area contributed by atoms with Crippen molar-refractivity contribution in [1.82, 2.24) is 0 Å². The molecule has 0 aliphatic heterocycles. The molecule has 0 saturated heterocycles. The molecule has 0 fully saturated rings. The lowest BCUT2D eigenvalue weighted by atomic mass is 10.1. The van der Waals surface area contributed by atoms with Gasteiger partial charge in [-0.2, -0.15) is 8.78 Å². The first-order valence-electron chi connectivity index (χ1n) is 6.20. The number of alkyl halides is 2. The van der Waals surface area contributed by atoms with Gasteiger partial charge in [0.2, 0.25) is 0 Å². The number of halogens is 3. The fourth-order valence-corrected chi connectivity index (χ4v) is 1.98. The van der Waals surface area contributed by atoms with Gasteiger partial charge in [-0.25, -0.2) is 0 Å². The van der Waals surface area contributed by atoms with E-state index in [2.05, 4.69) is 10.1 Å². The highest BCUT2D eigenvalue weighted by molar-refractivity contribution is 6.30. The summed E-state index contributed by atoms with van der Waals surface area (Å²) in [5.41, 5.74) is 1.40. The minimum absolute atomic E-state index is 0.0384. The minimum Gasteiger partial charge on any atom is -0.493 e. The van der Waals surface area contributed by atoms with Crippen molar-refractivity contribution in [2.24, 2.45) is 0 Å². The molecule has 0 aliphatic rings. The average Bonchev–Trinajstić information content (AvgIpc) is 2.47. The van der Waals surface area contributed by atoms with Crippen molar-refractivity contribution in [3.8, 4) is 11.5 Å². The molecular weight excluding hydrogens is 300 g/mol. The second-order valence-corrected chi connectivity index (χ2v) is 4.62. The lowest BCUT2D eigenvalue weighted by Crippen LogP contribution is -2.08. The lowest BCUT2D eigenvalue weighted by Gasteiger charge is -2.15. The molecule has 1 N–H and O–H groups in total. The molecule has 21 heavy (non-hydrogen) atoms. The summed E-state index contributed by atoms with van der Waals surface area (Å²) in [7, 11) is 1.41. The largest absolute Gasteiger partial charge is 0.493 e. The van der Waals surface area contributed by atoms with Gasteiger partial charge in [0, 0.05) is 22.8 Å². The maximum atomic E-state index is 12.5. The van der Waals surface area contributed by atoms with Gasteiger partial charge in [-0.1, -0.05) is 23.7 Å². The number of nitrogens with one attached hydrogen (secondary N) is 1. The Morgan fingerprint density at radius 1 is 1.14 bits per heavy atom. The van der Waals surface area contributed by atoms with E-state index in [0.29, 0.717) is 17.1 Å². The molecule has 0 unspecified atom stereocenters. The number of anilines is 1. The summed E-state index contributed by atoms with van der Waals surface area (Å²) in [6.07, 6.45) is 0. The number of para-hydroxylation sites is 1. The number of ether oxygens (including phenoxy) is 2. The normalized spacial score (nSPS) is 10.5. The molecule has 3 nitrogen and oxygen atoms in total. The molecule has 0 heterocycles. The first-order chi connectivity index (χ1) is 10.1. The molecule has 112 valence electrons. The molecule has 2 aromatic rings. The molecule has 0 radical (unpaired) electrons. The SMILES string of the molecule is COc1cccc(CNc2ccc(Cl)cc2)c1OC(F)F. The van der Waals surface area contributed by atoms with E-state index in [9.17, 15) is 8.78 Å². The molecule has 2 rings (SSSR count). The average molecular weight is 314 g/mol. The fourth-order valence-electron chi connectivity index (χ4n) is 1.85. The predicted octanol–water partition coefficient (Wildman–Crippen LogP) is 4.56. The molecule has 0 spiro atoms. The zero-order valence-electron chi connectivity index (χ0n) is 11.3. The Morgan fingerprint density at radius 2 is 1.86 bits per heavy atom. The molecule has 2 aromatic carbocycles. The Hall–Kier alpha value is -2.01. The summed E-state index contributed by atoms with van der Waals surface area (Å²) >= 11 is 5.80. The van der Waals surface area contributed by atoms with Gasteiger partial charge in [0.25, 0.3) is 0 Å². The molecule has 0 aliphatic carbocycles. The maximum Gasteiger partial charge on any atom is 0.387 e. The first-order valence-corrected chi connectivity index (χ1v) is 6.58. The summed E-state index contributed by atoms with van der Waals surface area (Å²) in [4.78, 5) is 0. The zero-order valence-corrected chi connectivity index (χ0v) is 12.0. The molecule has 0 atom stereocenters. The molecule has 0 bridgehead atoms. The third kappa shape index (κ3) is 4.23. The Bertz CT molecular complexity index is 591. The fraction of sp³-hybridized carbons (Fsp3) is 0.200. The Labute approximate surface area is 126 Å². The number of benzene rings is 2. The summed E-state index contributed by atoms with van der Waals surface area (Å²) in [5.74, 6) is 0.308. The molecule has 0 saturated carbocycles. The van der Waals surface area contributed by atoms with Gasteiger partial charge in [-0.05, 0) is 30.3 Å². The van der Waals surface area contributed by atoms with Gasteiger partial charge >= 0.3 is 6.61 Å². The molecular formula is C15H14ClF2NO2. The van der Waals surface area contributed by atoms with Crippen molar-refractivity contribution < 1.29 is 18.3 Å². The second-order valence-electron chi connectivity index (χ2n) is 4.19. The van der Waals surface area contributed by atoms with Crippen molar-refractivity contribution in [2.75, 3.05) is 12.4 Å². The molecule has 0 amide bonds. The summed E-state index contributed by atoms with van der Waals surface area (Å²) in [6, 6.07) is 12.1. The highest BCUT2D eigenvalue weighted by Crippen LogP contribution is 2.33. The van der Waals surface area contributed by atoms with Crippen LogP contribution < -0.4 is 14.8 Å². The van der Waals surface area contributed by atoms with E-state index in [1.165, 1.54) is 7.11 Å². The predicted molar refractivity (Wildman–Crippen MR) is 78.4 cm³/mol. The van der Waals surface area contributed by atoms with E-state index in [1.807, 2.05) is 0 Å². The third-order valence-corrected chi connectivity index (χ3v) is 3.07. The monoisotopic (exact) mass is 313 g/mol. The quantitative estimate of drug-likeness (QED) is 0.848. The second kappa shape index (κ2) is 7.13. The standard InChI is InChI=1S/C15H14ClF2NO2/c1-20-13-4-2-3-10(14(13)21-15(17)18)9-19-12-7-5-11(16)6-8-12/h2-8,15,19H,9H2,1H3. The number of hydrogen-bond acceptors (Lipinski definition) is 3. The number of hydrogen-bond donors (Lipinski definition) is 1. The molecule has 6 heteroatoms. The van der Waals surface area contributed by atoms with Crippen LogP contribution in [0.1, 0.15) is 5.56 Å². The van der Waals surface area contributed by atoms with E-state index >= 15 is 0 Å². The smallest absolute Gasteiger partial charge is 0.387 e. The minimum atomic E-state index is -2.91. The lowest BCUT2D eigenvalue weighted by molar-refractivity contribution is -0.0517. The van der Waals surface area contributed by atoms with Gasteiger partial charge in [0.15, 0.2) is 11.5 Å². The van der Waals surface area contributed by atoms with Crippen molar-refractivity contribution in [2.45, 2.75) is 13.2 Å². The van der Waals surface area contributed by atoms with Gasteiger partial charge in [0.05, 0.1) is 7.11 Å². The molecule has 0 aromatic heterocycles. The van der Waals surface area contributed by atoms with Crippen molar-refractivity contribution in [1.29, 1.82) is 0 Å². The topological polar surface area (TPSA) is 30.5 Å². The van der Waals surface area contributed by atoms with E-state index in [0.717, 1.165) is 5.69 Å². The van der Waals surface area contributed by atoms with E-state index < -0.39 is 6.61 Å². The Kier molecular flexibility index (Phi) is 5.22. The van der Waals surface area contributed by atoms with Crippen LogP contribution in [0.4, 0.5) is 14.5 Å².